The van der Waals surface area contributed by atoms with Crippen LogP contribution in [0.1, 0.15) is 37.0 Å². The summed E-state index contributed by atoms with van der Waals surface area (Å²) >= 11 is 0. The van der Waals surface area contributed by atoms with E-state index in [0.717, 1.165) is 17.0 Å². The molecule has 2 rings (SSSR count). The van der Waals surface area contributed by atoms with E-state index in [1.807, 2.05) is 13.8 Å². The second-order valence-electron chi connectivity index (χ2n) is 7.13. The molecule has 0 bridgehead atoms. The van der Waals surface area contributed by atoms with Gasteiger partial charge in [-0.15, -0.1) is 0 Å². The summed E-state index contributed by atoms with van der Waals surface area (Å²) in [6, 6.07) is 1.43. The summed E-state index contributed by atoms with van der Waals surface area (Å²) in [5, 5.41) is 24.8. The fraction of sp³-hybridized carbons (Fsp3) is 0.500. The van der Waals surface area contributed by atoms with Crippen LogP contribution in [-0.4, -0.2) is 58.3 Å². The number of amides is 2. The topological polar surface area (TPSA) is 162 Å². The fourth-order valence-electron chi connectivity index (χ4n) is 2.91. The first kappa shape index (κ1) is 22.7. The number of hydrogen-bond donors (Lipinski definition) is 1. The van der Waals surface area contributed by atoms with Crippen LogP contribution in [0.25, 0.3) is 0 Å². The van der Waals surface area contributed by atoms with Crippen molar-refractivity contribution in [3.05, 3.63) is 44.0 Å². The molecule has 2 amide bonds. The molecule has 0 radical (unpaired) electrons. The highest BCUT2D eigenvalue weighted by Crippen LogP contribution is 2.27. The molecule has 0 aromatic heterocycles. The molecular weight excluding hydrogens is 400 g/mol. The predicted molar refractivity (Wildman–Crippen MR) is 103 cm³/mol. The Morgan fingerprint density at radius 1 is 1.27 bits per heavy atom. The second kappa shape index (κ2) is 9.76. The van der Waals surface area contributed by atoms with Crippen LogP contribution in [0.3, 0.4) is 0 Å². The van der Waals surface area contributed by atoms with Gasteiger partial charge in [0.2, 0.25) is 5.91 Å². The number of rotatable bonds is 8. The minimum atomic E-state index is -1.20. The Labute approximate surface area is 171 Å². The number of nitro benzene ring substituents is 2. The number of nitro groups is 2. The van der Waals surface area contributed by atoms with E-state index in [1.165, 1.54) is 0 Å². The molecule has 1 aromatic rings. The summed E-state index contributed by atoms with van der Waals surface area (Å²) < 4.78 is 5.10. The van der Waals surface area contributed by atoms with Gasteiger partial charge in [-0.25, -0.2) is 0 Å². The number of piperazine rings is 1. The van der Waals surface area contributed by atoms with Crippen LogP contribution in [0.5, 0.6) is 0 Å². The SMILES string of the molecule is CC(C)CCOC(=O)CC1C(=O)NCCN1C(=O)c1ccc([N+](=O)[O-])cc1[N+](=O)[O-]. The maximum atomic E-state index is 13.0. The third-order valence-corrected chi connectivity index (χ3v) is 4.53. The quantitative estimate of drug-likeness (QED) is 0.373. The van der Waals surface area contributed by atoms with Gasteiger partial charge in [-0.2, -0.15) is 0 Å². The standard InChI is InChI=1S/C18H22N4O8/c1-11(2)5-8-30-16(23)10-15-17(24)19-6-7-20(15)18(25)13-4-3-12(21(26)27)9-14(13)22(28)29/h3-4,9,11,15H,5-8,10H2,1-2H3,(H,19,24). The molecule has 1 saturated heterocycles. The number of carbonyl (C=O) groups is 3. The third-order valence-electron chi connectivity index (χ3n) is 4.53. The van der Waals surface area contributed by atoms with Crippen LogP contribution in [0.2, 0.25) is 0 Å². The van der Waals surface area contributed by atoms with Gasteiger partial charge in [-0.3, -0.25) is 34.6 Å². The van der Waals surface area contributed by atoms with Crippen LogP contribution in [0.15, 0.2) is 18.2 Å². The summed E-state index contributed by atoms with van der Waals surface area (Å²) in [4.78, 5) is 58.9. The first-order valence-electron chi connectivity index (χ1n) is 9.29. The van der Waals surface area contributed by atoms with Crippen LogP contribution < -0.4 is 5.32 Å². The van der Waals surface area contributed by atoms with E-state index >= 15 is 0 Å². The number of hydrogen-bond acceptors (Lipinski definition) is 8. The van der Waals surface area contributed by atoms with Crippen LogP contribution in [0.4, 0.5) is 11.4 Å². The van der Waals surface area contributed by atoms with Gasteiger partial charge in [-0.05, 0) is 18.4 Å². The van der Waals surface area contributed by atoms with Gasteiger partial charge in [0.15, 0.2) is 0 Å². The lowest BCUT2D eigenvalue weighted by Crippen LogP contribution is -2.57. The molecular formula is C18H22N4O8. The maximum Gasteiger partial charge on any atom is 0.308 e. The molecule has 12 heteroatoms. The van der Waals surface area contributed by atoms with E-state index in [9.17, 15) is 34.6 Å². The normalized spacial score (nSPS) is 16.2. The summed E-state index contributed by atoms with van der Waals surface area (Å²) in [6.45, 7) is 4.21. The Balaban J connectivity index is 2.25. The summed E-state index contributed by atoms with van der Waals surface area (Å²) in [7, 11) is 0. The van der Waals surface area contributed by atoms with Crippen molar-refractivity contribution >= 4 is 29.2 Å². The minimum Gasteiger partial charge on any atom is -0.466 e. The summed E-state index contributed by atoms with van der Waals surface area (Å²) in [5.74, 6) is -1.81. The summed E-state index contributed by atoms with van der Waals surface area (Å²) in [5.41, 5.74) is -1.70. The Hall–Kier alpha value is -3.57. The Morgan fingerprint density at radius 3 is 2.57 bits per heavy atom. The molecule has 1 heterocycles. The molecule has 162 valence electrons. The van der Waals surface area contributed by atoms with Gasteiger partial charge in [0.1, 0.15) is 11.6 Å². The van der Waals surface area contributed by atoms with Crippen molar-refractivity contribution in [3.8, 4) is 0 Å². The predicted octanol–water partition coefficient (Wildman–Crippen LogP) is 1.42. The molecule has 1 fully saturated rings. The van der Waals surface area contributed by atoms with Gasteiger partial charge in [0, 0.05) is 19.2 Å². The molecule has 1 N–H and O–H groups in total. The van der Waals surface area contributed by atoms with Gasteiger partial charge in [0.05, 0.1) is 28.9 Å². The van der Waals surface area contributed by atoms with Crippen molar-refractivity contribution in [3.63, 3.8) is 0 Å². The highest BCUT2D eigenvalue weighted by Gasteiger charge is 2.38. The molecule has 1 atom stereocenters. The van der Waals surface area contributed by atoms with Gasteiger partial charge >= 0.3 is 5.97 Å². The molecule has 12 nitrogen and oxygen atoms in total. The van der Waals surface area contributed by atoms with E-state index in [0.29, 0.717) is 18.4 Å². The zero-order chi connectivity index (χ0) is 22.4. The largest absolute Gasteiger partial charge is 0.466 e. The van der Waals surface area contributed by atoms with E-state index in [-0.39, 0.29) is 19.7 Å². The van der Waals surface area contributed by atoms with Crippen molar-refractivity contribution in [2.45, 2.75) is 32.7 Å². The molecule has 1 aliphatic heterocycles. The Kier molecular flexibility index (Phi) is 7.39. The van der Waals surface area contributed by atoms with Crippen LogP contribution in [-0.2, 0) is 14.3 Å². The van der Waals surface area contributed by atoms with Gasteiger partial charge in [-0.1, -0.05) is 13.8 Å². The van der Waals surface area contributed by atoms with E-state index in [1.54, 1.807) is 0 Å². The Bertz CT molecular complexity index is 870. The molecule has 1 unspecified atom stereocenters. The van der Waals surface area contributed by atoms with Crippen molar-refractivity contribution in [2.24, 2.45) is 5.92 Å². The average Bonchev–Trinajstić information content (AvgIpc) is 2.68. The smallest absolute Gasteiger partial charge is 0.308 e. The second-order valence-corrected chi connectivity index (χ2v) is 7.13. The molecule has 1 aliphatic rings. The van der Waals surface area contributed by atoms with Crippen LogP contribution in [0, 0.1) is 26.1 Å². The maximum absolute atomic E-state index is 13.0. The lowest BCUT2D eigenvalue weighted by molar-refractivity contribution is -0.394. The molecule has 0 saturated carbocycles. The van der Waals surface area contributed by atoms with Crippen molar-refractivity contribution < 1.29 is 29.0 Å². The highest BCUT2D eigenvalue weighted by atomic mass is 16.6. The van der Waals surface area contributed by atoms with Gasteiger partial charge in [0.25, 0.3) is 17.3 Å². The number of benzene rings is 1. The monoisotopic (exact) mass is 422 g/mol. The molecule has 0 aliphatic carbocycles. The fourth-order valence-corrected chi connectivity index (χ4v) is 2.91. The number of esters is 1. The van der Waals surface area contributed by atoms with Crippen LogP contribution >= 0.6 is 0 Å². The molecule has 1 aromatic carbocycles. The van der Waals surface area contributed by atoms with E-state index < -0.39 is 57.0 Å². The first-order valence-corrected chi connectivity index (χ1v) is 9.29. The minimum absolute atomic E-state index is 0.0165. The number of carbonyl (C=O) groups excluding carboxylic acids is 3. The average molecular weight is 422 g/mol. The number of ether oxygens (including phenoxy) is 1. The lowest BCUT2D eigenvalue weighted by Gasteiger charge is -2.34. The number of nitrogens with zero attached hydrogens (tertiary/aromatic N) is 3. The van der Waals surface area contributed by atoms with E-state index in [2.05, 4.69) is 5.32 Å². The summed E-state index contributed by atoms with van der Waals surface area (Å²) in [6.07, 6.45) is 0.233. The highest BCUT2D eigenvalue weighted by molar-refractivity contribution is 6.02. The van der Waals surface area contributed by atoms with Crippen molar-refractivity contribution in [1.29, 1.82) is 0 Å². The zero-order valence-corrected chi connectivity index (χ0v) is 16.5. The first-order chi connectivity index (χ1) is 14.1. The molecule has 30 heavy (non-hydrogen) atoms. The van der Waals surface area contributed by atoms with Gasteiger partial charge < -0.3 is 15.0 Å². The molecule has 0 spiro atoms. The third kappa shape index (κ3) is 5.49. The van der Waals surface area contributed by atoms with Crippen molar-refractivity contribution in [1.82, 2.24) is 10.2 Å². The van der Waals surface area contributed by atoms with Crippen molar-refractivity contribution in [2.75, 3.05) is 19.7 Å². The number of non-ortho nitro benzene ring substituents is 1. The van der Waals surface area contributed by atoms with E-state index in [4.69, 9.17) is 4.74 Å². The zero-order valence-electron chi connectivity index (χ0n) is 16.5. The lowest BCUT2D eigenvalue weighted by atomic mass is 10.0. The number of nitrogens with one attached hydrogen (secondary N) is 1. The Morgan fingerprint density at radius 2 is 1.97 bits per heavy atom.